The van der Waals surface area contributed by atoms with E-state index in [0.29, 0.717) is 41.6 Å². The average Bonchev–Trinajstić information content (AvgIpc) is 3.51. The first-order valence-electron chi connectivity index (χ1n) is 15.5. The number of aryl methyl sites for hydroxylation is 2. The van der Waals surface area contributed by atoms with E-state index in [1.807, 2.05) is 66.5 Å². The number of rotatable bonds is 7. The van der Waals surface area contributed by atoms with Crippen molar-refractivity contribution in [2.45, 2.75) is 46.4 Å². The van der Waals surface area contributed by atoms with Crippen LogP contribution in [0.25, 0.3) is 32.8 Å². The Kier molecular flexibility index (Phi) is 8.19. The number of benzene rings is 3. The van der Waals surface area contributed by atoms with Crippen molar-refractivity contribution in [3.63, 3.8) is 0 Å². The van der Waals surface area contributed by atoms with Crippen LogP contribution in [0.4, 0.5) is 0 Å². The van der Waals surface area contributed by atoms with E-state index in [1.165, 1.54) is 0 Å². The minimum atomic E-state index is -0.398. The minimum absolute atomic E-state index is 0.244. The van der Waals surface area contributed by atoms with Crippen LogP contribution in [0.1, 0.15) is 52.2 Å². The van der Waals surface area contributed by atoms with Crippen LogP contribution in [0.2, 0.25) is 5.02 Å². The lowest BCUT2D eigenvalue weighted by Crippen LogP contribution is -2.17. The van der Waals surface area contributed by atoms with Gasteiger partial charge in [-0.1, -0.05) is 54.1 Å². The van der Waals surface area contributed by atoms with Crippen molar-refractivity contribution in [2.75, 3.05) is 13.2 Å². The Labute approximate surface area is 271 Å². The quantitative estimate of drug-likeness (QED) is 0.135. The van der Waals surface area contributed by atoms with E-state index >= 15 is 0 Å². The van der Waals surface area contributed by atoms with Gasteiger partial charge in [-0.25, -0.2) is 4.79 Å². The van der Waals surface area contributed by atoms with Crippen molar-refractivity contribution in [1.29, 1.82) is 0 Å². The maximum Gasteiger partial charge on any atom is 0.355 e. The Balaban J connectivity index is 1.39. The van der Waals surface area contributed by atoms with E-state index in [-0.39, 0.29) is 26.4 Å². The average molecular weight is 636 g/mol. The third kappa shape index (κ3) is 5.29. The van der Waals surface area contributed by atoms with E-state index in [2.05, 4.69) is 28.2 Å². The summed E-state index contributed by atoms with van der Waals surface area (Å²) < 4.78 is 22.0. The van der Waals surface area contributed by atoms with Crippen LogP contribution in [0, 0.1) is 6.92 Å². The molecule has 46 heavy (non-hydrogen) atoms. The van der Waals surface area contributed by atoms with Gasteiger partial charge < -0.3 is 18.8 Å². The predicted molar refractivity (Wildman–Crippen MR) is 177 cm³/mol. The molecule has 0 saturated carbocycles. The molecular formula is C36H34ClN5O4. The van der Waals surface area contributed by atoms with Crippen LogP contribution in [0.3, 0.4) is 0 Å². The number of hydrogen-bond acceptors (Lipinski definition) is 7. The molecule has 0 unspecified atom stereocenters. The summed E-state index contributed by atoms with van der Waals surface area (Å²) in [5.74, 6) is 0.442. The zero-order valence-electron chi connectivity index (χ0n) is 26.0. The molecule has 6 aromatic rings. The van der Waals surface area contributed by atoms with Crippen molar-refractivity contribution in [2.24, 2.45) is 7.05 Å². The van der Waals surface area contributed by atoms with Gasteiger partial charge in [0.15, 0.2) is 0 Å². The van der Waals surface area contributed by atoms with Gasteiger partial charge in [0.2, 0.25) is 0 Å². The molecule has 0 atom stereocenters. The summed E-state index contributed by atoms with van der Waals surface area (Å²) in [7, 11) is 1.91. The summed E-state index contributed by atoms with van der Waals surface area (Å²) >= 11 is 7.07. The predicted octanol–water partition coefficient (Wildman–Crippen LogP) is 7.21. The number of fused-ring (bicyclic) bond motifs is 4. The number of carbonyl (C=O) groups excluding carboxylic acids is 1. The molecule has 3 aromatic carbocycles. The van der Waals surface area contributed by atoms with E-state index in [4.69, 9.17) is 30.9 Å². The number of hydrogen-bond donors (Lipinski definition) is 0. The van der Waals surface area contributed by atoms with Crippen LogP contribution in [0.15, 0.2) is 67.0 Å². The molecular weight excluding hydrogens is 602 g/mol. The molecule has 0 fully saturated rings. The van der Waals surface area contributed by atoms with E-state index in [9.17, 15) is 4.79 Å². The highest BCUT2D eigenvalue weighted by Gasteiger charge is 2.30. The van der Waals surface area contributed by atoms with Crippen LogP contribution in [-0.4, -0.2) is 43.5 Å². The molecule has 7 rings (SSSR count). The van der Waals surface area contributed by atoms with Gasteiger partial charge in [-0.2, -0.15) is 5.10 Å². The molecule has 1 aliphatic heterocycles. The Morgan fingerprint density at radius 3 is 2.59 bits per heavy atom. The lowest BCUT2D eigenvalue weighted by atomic mass is 9.98. The highest BCUT2D eigenvalue weighted by atomic mass is 35.5. The Hall–Kier alpha value is -4.73. The van der Waals surface area contributed by atoms with E-state index in [1.54, 1.807) is 12.4 Å². The first-order valence-corrected chi connectivity index (χ1v) is 15.8. The van der Waals surface area contributed by atoms with Gasteiger partial charge in [0.05, 0.1) is 60.6 Å². The molecule has 0 N–H and O–H groups in total. The zero-order valence-corrected chi connectivity index (χ0v) is 26.8. The monoisotopic (exact) mass is 635 g/mol. The number of aromatic nitrogens is 5. The van der Waals surface area contributed by atoms with Crippen LogP contribution in [0.5, 0.6) is 5.75 Å². The van der Waals surface area contributed by atoms with E-state index in [0.717, 1.165) is 55.5 Å². The minimum Gasteiger partial charge on any atom is -0.493 e. The van der Waals surface area contributed by atoms with Crippen LogP contribution >= 0.6 is 11.6 Å². The largest absolute Gasteiger partial charge is 0.493 e. The fraction of sp³-hybridized carbons (Fsp3) is 0.278. The van der Waals surface area contributed by atoms with Gasteiger partial charge in [0, 0.05) is 47.0 Å². The van der Waals surface area contributed by atoms with Crippen LogP contribution in [-0.2, 0) is 42.7 Å². The molecule has 4 heterocycles. The van der Waals surface area contributed by atoms with E-state index < -0.39 is 5.97 Å². The lowest BCUT2D eigenvalue weighted by molar-refractivity contribution is 0.0513. The molecule has 0 saturated heterocycles. The van der Waals surface area contributed by atoms with Gasteiger partial charge in [-0.15, -0.1) is 0 Å². The SMILES string of the molecule is CCOC(=O)c1c(CCCOc2cccc3ccccc23)c2ccc(Cl)c3c2n1Cc1nccnc1COCc1nn(C)c(C)c1-3. The fourth-order valence-corrected chi connectivity index (χ4v) is 6.72. The van der Waals surface area contributed by atoms with Crippen molar-refractivity contribution < 1.29 is 19.0 Å². The summed E-state index contributed by atoms with van der Waals surface area (Å²) in [4.78, 5) is 23.2. The van der Waals surface area contributed by atoms with Crippen LogP contribution < -0.4 is 4.74 Å². The molecule has 9 nitrogen and oxygen atoms in total. The summed E-state index contributed by atoms with van der Waals surface area (Å²) in [6.45, 7) is 5.35. The molecule has 0 bridgehead atoms. The molecule has 234 valence electrons. The number of nitrogens with zero attached hydrogens (tertiary/aromatic N) is 5. The molecule has 1 aliphatic rings. The molecule has 0 spiro atoms. The van der Waals surface area contributed by atoms with Crippen molar-refractivity contribution >= 4 is 39.2 Å². The smallest absolute Gasteiger partial charge is 0.355 e. The second-order valence-electron chi connectivity index (χ2n) is 11.4. The summed E-state index contributed by atoms with van der Waals surface area (Å²) in [5, 5.41) is 8.48. The highest BCUT2D eigenvalue weighted by molar-refractivity contribution is 6.35. The standard InChI is InChI=1S/C36H34ClN5O4/c1-4-45-36(43)35-25(12-8-18-46-31-13-7-10-23-9-5-6-11-24(23)31)26-14-15-27(37)33-32-22(2)41(3)40-30(32)21-44-20-29-28(38-16-17-39-29)19-42(35)34(26)33/h5-7,9-11,13-17H,4,8,12,18-21H2,1-3H3. The topological polar surface area (TPSA) is 93.3 Å². The lowest BCUT2D eigenvalue weighted by Gasteiger charge is -2.15. The van der Waals surface area contributed by atoms with Crippen molar-refractivity contribution in [3.8, 4) is 16.9 Å². The van der Waals surface area contributed by atoms with Gasteiger partial charge in [-0.05, 0) is 49.8 Å². The maximum atomic E-state index is 13.9. The first-order chi connectivity index (χ1) is 22.5. The Morgan fingerprint density at radius 2 is 1.74 bits per heavy atom. The number of esters is 1. The summed E-state index contributed by atoms with van der Waals surface area (Å²) in [6, 6.07) is 18.2. The number of halogens is 1. The van der Waals surface area contributed by atoms with Gasteiger partial charge in [0.25, 0.3) is 0 Å². The molecule has 3 aromatic heterocycles. The normalized spacial score (nSPS) is 12.9. The maximum absolute atomic E-state index is 13.9. The molecule has 0 amide bonds. The van der Waals surface area contributed by atoms with Gasteiger partial charge >= 0.3 is 5.97 Å². The Bertz CT molecular complexity index is 2090. The zero-order chi connectivity index (χ0) is 31.8. The molecule has 0 radical (unpaired) electrons. The number of ether oxygens (including phenoxy) is 3. The second-order valence-corrected chi connectivity index (χ2v) is 11.8. The fourth-order valence-electron chi connectivity index (χ4n) is 6.47. The Morgan fingerprint density at radius 1 is 0.957 bits per heavy atom. The van der Waals surface area contributed by atoms with Crippen molar-refractivity contribution in [1.82, 2.24) is 24.3 Å². The highest BCUT2D eigenvalue weighted by Crippen LogP contribution is 2.43. The third-order valence-electron chi connectivity index (χ3n) is 8.63. The second kappa shape index (κ2) is 12.6. The summed E-state index contributed by atoms with van der Waals surface area (Å²) in [5.41, 5.74) is 7.00. The van der Waals surface area contributed by atoms with Gasteiger partial charge in [0.1, 0.15) is 11.4 Å². The molecule has 10 heteroatoms. The first kappa shape index (κ1) is 30.0. The number of carbonyl (C=O) groups is 1. The summed E-state index contributed by atoms with van der Waals surface area (Å²) in [6.07, 6.45) is 4.57. The van der Waals surface area contributed by atoms with Gasteiger partial charge in [-0.3, -0.25) is 14.6 Å². The molecule has 0 aliphatic carbocycles. The third-order valence-corrected chi connectivity index (χ3v) is 8.94. The van der Waals surface area contributed by atoms with Crippen molar-refractivity contribution in [3.05, 3.63) is 106 Å².